The molecule has 76 valence electrons. The molecule has 0 unspecified atom stereocenters. The largest absolute Gasteiger partial charge is 0.322 e. The van der Waals surface area contributed by atoms with Crippen molar-refractivity contribution in [1.29, 1.82) is 0 Å². The van der Waals surface area contributed by atoms with Crippen molar-refractivity contribution in [3.63, 3.8) is 0 Å². The van der Waals surface area contributed by atoms with Crippen LogP contribution in [0.15, 0.2) is 36.8 Å². The fourth-order valence-corrected chi connectivity index (χ4v) is 1.40. The summed E-state index contributed by atoms with van der Waals surface area (Å²) in [5, 5.41) is 0. The Hall–Kier alpha value is -1.97. The zero-order valence-electron chi connectivity index (χ0n) is 8.42. The molecule has 0 atom stereocenters. The van der Waals surface area contributed by atoms with Crippen LogP contribution >= 0.6 is 0 Å². The molecule has 0 N–H and O–H groups in total. The van der Waals surface area contributed by atoms with E-state index in [-0.39, 0.29) is 5.78 Å². The highest BCUT2D eigenvalue weighted by Gasteiger charge is 2.07. The summed E-state index contributed by atoms with van der Waals surface area (Å²) in [6.07, 6.45) is 5.17. The molecule has 0 radical (unpaired) electrons. The molecule has 0 saturated heterocycles. The molecular formula is C11H11N3O. The maximum atomic E-state index is 11.0. The van der Waals surface area contributed by atoms with Gasteiger partial charge in [0.2, 0.25) is 0 Å². The molecule has 0 aliphatic rings. The summed E-state index contributed by atoms with van der Waals surface area (Å²) in [6.45, 7) is 1.90. The second-order valence-electron chi connectivity index (χ2n) is 3.30. The maximum Gasteiger partial charge on any atom is 0.159 e. The number of carbonyl (C=O) groups is 1. The highest BCUT2D eigenvalue weighted by atomic mass is 16.1. The van der Waals surface area contributed by atoms with Gasteiger partial charge < -0.3 is 4.57 Å². The normalized spacial score (nSPS) is 10.2. The number of nitrogens with zero attached hydrogens (tertiary/aromatic N) is 3. The van der Waals surface area contributed by atoms with Gasteiger partial charge in [0, 0.05) is 18.6 Å². The number of Topliss-reactive ketones (excluding diaryl/α,β-unsaturated/α-hetero) is 1. The van der Waals surface area contributed by atoms with E-state index in [0.717, 1.165) is 11.5 Å². The first kappa shape index (κ1) is 9.58. The monoisotopic (exact) mass is 201 g/mol. The van der Waals surface area contributed by atoms with E-state index in [0.29, 0.717) is 6.54 Å². The first-order valence-corrected chi connectivity index (χ1v) is 4.69. The summed E-state index contributed by atoms with van der Waals surface area (Å²) in [5.74, 6) is 0.830. The van der Waals surface area contributed by atoms with Crippen molar-refractivity contribution in [3.05, 3.63) is 36.8 Å². The summed E-state index contributed by atoms with van der Waals surface area (Å²) in [5.41, 5.74) is 0.781. The Morgan fingerprint density at radius 2 is 2.20 bits per heavy atom. The van der Waals surface area contributed by atoms with Crippen LogP contribution in [0.4, 0.5) is 0 Å². The second kappa shape index (κ2) is 4.04. The van der Waals surface area contributed by atoms with Crippen molar-refractivity contribution >= 4 is 5.78 Å². The Morgan fingerprint density at radius 3 is 2.87 bits per heavy atom. The molecule has 0 saturated carbocycles. The molecule has 0 aromatic carbocycles. The molecule has 0 fully saturated rings. The molecule has 2 aromatic rings. The first-order chi connectivity index (χ1) is 7.27. The van der Waals surface area contributed by atoms with Crippen molar-refractivity contribution in [3.8, 4) is 11.5 Å². The molecule has 0 amide bonds. The number of imidazole rings is 1. The van der Waals surface area contributed by atoms with Crippen LogP contribution in [0.5, 0.6) is 0 Å². The van der Waals surface area contributed by atoms with E-state index in [1.54, 1.807) is 30.1 Å². The minimum absolute atomic E-state index is 0.102. The zero-order valence-corrected chi connectivity index (χ0v) is 8.42. The number of hydrogen-bond acceptors (Lipinski definition) is 3. The number of rotatable bonds is 3. The Labute approximate surface area is 87.6 Å². The van der Waals surface area contributed by atoms with Crippen LogP contribution in [0, 0.1) is 0 Å². The predicted molar refractivity (Wildman–Crippen MR) is 56.1 cm³/mol. The molecule has 4 nitrogen and oxygen atoms in total. The van der Waals surface area contributed by atoms with Crippen LogP contribution in [-0.4, -0.2) is 20.3 Å². The van der Waals surface area contributed by atoms with Gasteiger partial charge in [-0.25, -0.2) is 4.98 Å². The number of pyridine rings is 1. The molecular weight excluding hydrogens is 190 g/mol. The van der Waals surface area contributed by atoms with E-state index >= 15 is 0 Å². The predicted octanol–water partition coefficient (Wildman–Crippen LogP) is 1.53. The lowest BCUT2D eigenvalue weighted by Gasteiger charge is -2.03. The van der Waals surface area contributed by atoms with Crippen LogP contribution in [0.1, 0.15) is 6.92 Å². The summed E-state index contributed by atoms with van der Waals surface area (Å²) in [4.78, 5) is 19.4. The molecule has 4 heteroatoms. The van der Waals surface area contributed by atoms with Gasteiger partial charge in [0.15, 0.2) is 5.82 Å². The lowest BCUT2D eigenvalue weighted by molar-refractivity contribution is -0.117. The van der Waals surface area contributed by atoms with Crippen LogP contribution in [0.3, 0.4) is 0 Å². The first-order valence-electron chi connectivity index (χ1n) is 4.69. The third-order valence-electron chi connectivity index (χ3n) is 2.00. The van der Waals surface area contributed by atoms with E-state index in [1.165, 1.54) is 0 Å². The van der Waals surface area contributed by atoms with E-state index in [9.17, 15) is 4.79 Å². The van der Waals surface area contributed by atoms with E-state index in [4.69, 9.17) is 0 Å². The van der Waals surface area contributed by atoms with Crippen molar-refractivity contribution in [2.75, 3.05) is 0 Å². The second-order valence-corrected chi connectivity index (χ2v) is 3.30. The maximum absolute atomic E-state index is 11.0. The Morgan fingerprint density at radius 1 is 1.33 bits per heavy atom. The quantitative estimate of drug-likeness (QED) is 0.756. The summed E-state index contributed by atoms with van der Waals surface area (Å²) in [6, 6.07) is 5.62. The van der Waals surface area contributed by atoms with Crippen molar-refractivity contribution in [2.24, 2.45) is 0 Å². The molecule has 0 aliphatic heterocycles. The van der Waals surface area contributed by atoms with E-state index in [2.05, 4.69) is 9.97 Å². The topological polar surface area (TPSA) is 47.8 Å². The van der Waals surface area contributed by atoms with Crippen LogP contribution in [0.2, 0.25) is 0 Å². The molecule has 0 spiro atoms. The third-order valence-corrected chi connectivity index (χ3v) is 2.00. The van der Waals surface area contributed by atoms with Gasteiger partial charge in [-0.05, 0) is 19.1 Å². The fraction of sp³-hybridized carbons (Fsp3) is 0.182. The van der Waals surface area contributed by atoms with Crippen molar-refractivity contribution in [1.82, 2.24) is 14.5 Å². The molecule has 2 aromatic heterocycles. The van der Waals surface area contributed by atoms with Gasteiger partial charge in [0.25, 0.3) is 0 Å². The smallest absolute Gasteiger partial charge is 0.159 e. The number of aromatic nitrogens is 3. The molecule has 0 aliphatic carbocycles. The standard InChI is InChI=1S/C11H11N3O/c1-9(15)8-14-7-6-13-11(14)10-4-2-3-5-12-10/h2-7H,8H2,1H3. The lowest BCUT2D eigenvalue weighted by Crippen LogP contribution is -2.07. The third kappa shape index (κ3) is 2.10. The minimum atomic E-state index is 0.102. The van der Waals surface area contributed by atoms with Gasteiger partial charge in [-0.1, -0.05) is 6.07 Å². The van der Waals surface area contributed by atoms with Gasteiger partial charge >= 0.3 is 0 Å². The molecule has 15 heavy (non-hydrogen) atoms. The van der Waals surface area contributed by atoms with Crippen LogP contribution in [-0.2, 0) is 11.3 Å². The number of ketones is 1. The van der Waals surface area contributed by atoms with Gasteiger partial charge in [0.05, 0.1) is 6.54 Å². The number of carbonyl (C=O) groups excluding carboxylic acids is 1. The van der Waals surface area contributed by atoms with Crippen molar-refractivity contribution in [2.45, 2.75) is 13.5 Å². The highest BCUT2D eigenvalue weighted by Crippen LogP contribution is 2.13. The van der Waals surface area contributed by atoms with Gasteiger partial charge in [-0.15, -0.1) is 0 Å². The van der Waals surface area contributed by atoms with E-state index < -0.39 is 0 Å². The lowest BCUT2D eigenvalue weighted by atomic mass is 10.3. The molecule has 2 heterocycles. The summed E-state index contributed by atoms with van der Waals surface area (Å²) in [7, 11) is 0. The van der Waals surface area contributed by atoms with Crippen LogP contribution in [0.25, 0.3) is 11.5 Å². The van der Waals surface area contributed by atoms with E-state index in [1.807, 2.05) is 18.2 Å². The molecule has 0 bridgehead atoms. The average molecular weight is 201 g/mol. The van der Waals surface area contributed by atoms with Gasteiger partial charge in [-0.3, -0.25) is 9.78 Å². The van der Waals surface area contributed by atoms with Gasteiger partial charge in [0.1, 0.15) is 11.5 Å². The number of hydrogen-bond donors (Lipinski definition) is 0. The Balaban J connectivity index is 2.37. The van der Waals surface area contributed by atoms with Crippen molar-refractivity contribution < 1.29 is 4.79 Å². The summed E-state index contributed by atoms with van der Waals surface area (Å²) >= 11 is 0. The summed E-state index contributed by atoms with van der Waals surface area (Å²) < 4.78 is 1.80. The highest BCUT2D eigenvalue weighted by molar-refractivity contribution is 5.75. The van der Waals surface area contributed by atoms with Crippen LogP contribution < -0.4 is 0 Å². The SMILES string of the molecule is CC(=O)Cn1ccnc1-c1ccccn1. The fourth-order valence-electron chi connectivity index (χ4n) is 1.40. The Bertz CT molecular complexity index is 462. The minimum Gasteiger partial charge on any atom is -0.322 e. The average Bonchev–Trinajstić information content (AvgIpc) is 2.66. The Kier molecular flexibility index (Phi) is 2.58. The zero-order chi connectivity index (χ0) is 10.7. The molecule has 2 rings (SSSR count). The van der Waals surface area contributed by atoms with Gasteiger partial charge in [-0.2, -0.15) is 0 Å².